The number of ether oxygens (including phenoxy) is 1. The van der Waals surface area contributed by atoms with Crippen molar-refractivity contribution in [3.8, 4) is 5.75 Å². The monoisotopic (exact) mass is 346 g/mol. The summed E-state index contributed by atoms with van der Waals surface area (Å²) in [6.07, 6.45) is 4.23. The SMILES string of the molecule is CCCCC(=O)N1CCCN(C(=O)c2ccc(OC)c(CC)c2)CC1. The van der Waals surface area contributed by atoms with Crippen LogP contribution in [0.25, 0.3) is 0 Å². The van der Waals surface area contributed by atoms with Crippen molar-refractivity contribution in [2.45, 2.75) is 46.0 Å². The molecule has 1 fully saturated rings. The van der Waals surface area contributed by atoms with E-state index in [1.165, 1.54) is 0 Å². The van der Waals surface area contributed by atoms with Crippen LogP contribution in [0.2, 0.25) is 0 Å². The van der Waals surface area contributed by atoms with Crippen LogP contribution in [0.3, 0.4) is 0 Å². The molecule has 0 spiro atoms. The van der Waals surface area contributed by atoms with Gasteiger partial charge >= 0.3 is 0 Å². The lowest BCUT2D eigenvalue weighted by Crippen LogP contribution is -2.37. The molecule has 2 rings (SSSR count). The number of hydrogen-bond donors (Lipinski definition) is 0. The molecule has 25 heavy (non-hydrogen) atoms. The summed E-state index contributed by atoms with van der Waals surface area (Å²) >= 11 is 0. The number of rotatable bonds is 6. The molecule has 0 N–H and O–H groups in total. The molecule has 1 aliphatic rings. The maximum absolute atomic E-state index is 12.9. The summed E-state index contributed by atoms with van der Waals surface area (Å²) in [7, 11) is 1.65. The molecule has 1 aromatic carbocycles. The van der Waals surface area contributed by atoms with E-state index in [4.69, 9.17) is 4.74 Å². The standard InChI is InChI=1S/C20H30N2O3/c1-4-6-8-19(23)21-11-7-12-22(14-13-21)20(24)17-9-10-18(25-3)16(5-2)15-17/h9-10,15H,4-8,11-14H2,1-3H3. The molecule has 0 radical (unpaired) electrons. The molecule has 1 aromatic rings. The number of hydrogen-bond acceptors (Lipinski definition) is 3. The zero-order valence-corrected chi connectivity index (χ0v) is 15.7. The normalized spacial score (nSPS) is 15.0. The minimum Gasteiger partial charge on any atom is -0.496 e. The first-order valence-corrected chi connectivity index (χ1v) is 9.34. The number of aryl methyl sites for hydroxylation is 1. The van der Waals surface area contributed by atoms with Gasteiger partial charge in [0.05, 0.1) is 7.11 Å². The average molecular weight is 346 g/mol. The quantitative estimate of drug-likeness (QED) is 0.795. The van der Waals surface area contributed by atoms with Gasteiger partial charge in [-0.1, -0.05) is 20.3 Å². The second-order valence-electron chi connectivity index (χ2n) is 6.51. The van der Waals surface area contributed by atoms with E-state index < -0.39 is 0 Å². The van der Waals surface area contributed by atoms with Crippen LogP contribution >= 0.6 is 0 Å². The number of nitrogens with zero attached hydrogens (tertiary/aromatic N) is 2. The fraction of sp³-hybridized carbons (Fsp3) is 0.600. The van der Waals surface area contributed by atoms with Crippen molar-refractivity contribution in [1.82, 2.24) is 9.80 Å². The van der Waals surface area contributed by atoms with Crippen LogP contribution in [0.4, 0.5) is 0 Å². The van der Waals surface area contributed by atoms with Crippen LogP contribution < -0.4 is 4.74 Å². The Morgan fingerprint density at radius 2 is 1.80 bits per heavy atom. The predicted molar refractivity (Wildman–Crippen MR) is 99.0 cm³/mol. The summed E-state index contributed by atoms with van der Waals surface area (Å²) < 4.78 is 5.34. The maximum atomic E-state index is 12.9. The molecule has 138 valence electrons. The second kappa shape index (κ2) is 9.44. The van der Waals surface area contributed by atoms with E-state index in [-0.39, 0.29) is 11.8 Å². The molecular formula is C20H30N2O3. The third-order valence-corrected chi connectivity index (χ3v) is 4.79. The van der Waals surface area contributed by atoms with Gasteiger partial charge in [-0.25, -0.2) is 0 Å². The Bertz CT molecular complexity index is 601. The largest absolute Gasteiger partial charge is 0.496 e. The molecule has 1 saturated heterocycles. The van der Waals surface area contributed by atoms with Crippen LogP contribution in [-0.2, 0) is 11.2 Å². The zero-order chi connectivity index (χ0) is 18.2. The Morgan fingerprint density at radius 3 is 2.48 bits per heavy atom. The summed E-state index contributed by atoms with van der Waals surface area (Å²) in [6.45, 7) is 6.82. The van der Waals surface area contributed by atoms with E-state index in [9.17, 15) is 9.59 Å². The number of methoxy groups -OCH3 is 1. The third kappa shape index (κ3) is 4.97. The van der Waals surface area contributed by atoms with Gasteiger partial charge in [-0.3, -0.25) is 9.59 Å². The highest BCUT2D eigenvalue weighted by molar-refractivity contribution is 5.94. The summed E-state index contributed by atoms with van der Waals surface area (Å²) in [5.41, 5.74) is 1.74. The fourth-order valence-electron chi connectivity index (χ4n) is 3.23. The van der Waals surface area contributed by atoms with Gasteiger partial charge in [-0.05, 0) is 43.0 Å². The number of unbranched alkanes of at least 4 members (excludes halogenated alkanes) is 1. The van der Waals surface area contributed by atoms with Crippen molar-refractivity contribution in [2.24, 2.45) is 0 Å². The van der Waals surface area contributed by atoms with Gasteiger partial charge in [0.25, 0.3) is 5.91 Å². The molecule has 5 heteroatoms. The van der Waals surface area contributed by atoms with Crippen LogP contribution in [0.15, 0.2) is 18.2 Å². The molecule has 0 unspecified atom stereocenters. The lowest BCUT2D eigenvalue weighted by atomic mass is 10.1. The average Bonchev–Trinajstić information content (AvgIpc) is 2.91. The second-order valence-corrected chi connectivity index (χ2v) is 6.51. The number of amides is 2. The Hall–Kier alpha value is -2.04. The molecule has 0 bridgehead atoms. The molecule has 0 atom stereocenters. The molecule has 5 nitrogen and oxygen atoms in total. The van der Waals surface area contributed by atoms with Gasteiger partial charge in [0.2, 0.25) is 5.91 Å². The van der Waals surface area contributed by atoms with Crippen molar-refractivity contribution < 1.29 is 14.3 Å². The van der Waals surface area contributed by atoms with Gasteiger partial charge in [0.1, 0.15) is 5.75 Å². The minimum atomic E-state index is 0.0419. The van der Waals surface area contributed by atoms with Gasteiger partial charge in [0.15, 0.2) is 0 Å². The maximum Gasteiger partial charge on any atom is 0.253 e. The summed E-state index contributed by atoms with van der Waals surface area (Å²) in [5.74, 6) is 1.08. The van der Waals surface area contributed by atoms with Gasteiger partial charge in [-0.15, -0.1) is 0 Å². The molecule has 1 heterocycles. The van der Waals surface area contributed by atoms with Gasteiger partial charge in [0, 0.05) is 38.2 Å². The number of benzene rings is 1. The number of carbonyl (C=O) groups excluding carboxylic acids is 2. The Labute approximate surface area is 150 Å². The van der Waals surface area contributed by atoms with Crippen molar-refractivity contribution in [3.63, 3.8) is 0 Å². The topological polar surface area (TPSA) is 49.9 Å². The van der Waals surface area contributed by atoms with E-state index >= 15 is 0 Å². The van der Waals surface area contributed by atoms with Crippen LogP contribution in [0.5, 0.6) is 5.75 Å². The van der Waals surface area contributed by atoms with E-state index in [1.807, 2.05) is 28.0 Å². The highest BCUT2D eigenvalue weighted by atomic mass is 16.5. The fourth-order valence-corrected chi connectivity index (χ4v) is 3.23. The lowest BCUT2D eigenvalue weighted by molar-refractivity contribution is -0.131. The van der Waals surface area contributed by atoms with Crippen molar-refractivity contribution in [1.29, 1.82) is 0 Å². The minimum absolute atomic E-state index is 0.0419. The highest BCUT2D eigenvalue weighted by Gasteiger charge is 2.23. The van der Waals surface area contributed by atoms with Gasteiger partial charge in [-0.2, -0.15) is 0 Å². The third-order valence-electron chi connectivity index (χ3n) is 4.79. The van der Waals surface area contributed by atoms with Crippen LogP contribution in [-0.4, -0.2) is 54.9 Å². The number of carbonyl (C=O) groups is 2. The summed E-state index contributed by atoms with van der Waals surface area (Å²) in [6, 6.07) is 5.62. The molecule has 0 aromatic heterocycles. The first kappa shape index (κ1) is 19.3. The first-order valence-electron chi connectivity index (χ1n) is 9.34. The Balaban J connectivity index is 2.02. The Kier molecular flexibility index (Phi) is 7.29. The summed E-state index contributed by atoms with van der Waals surface area (Å²) in [5, 5.41) is 0. The molecule has 0 aliphatic carbocycles. The Morgan fingerprint density at radius 1 is 1.08 bits per heavy atom. The van der Waals surface area contributed by atoms with Crippen molar-refractivity contribution >= 4 is 11.8 Å². The highest BCUT2D eigenvalue weighted by Crippen LogP contribution is 2.21. The van der Waals surface area contributed by atoms with E-state index in [0.717, 1.165) is 43.5 Å². The first-order chi connectivity index (χ1) is 12.1. The molecular weight excluding hydrogens is 316 g/mol. The predicted octanol–water partition coefficient (Wildman–Crippen LogP) is 3.12. The molecule has 2 amide bonds. The smallest absolute Gasteiger partial charge is 0.253 e. The van der Waals surface area contributed by atoms with Crippen LogP contribution in [0.1, 0.15) is 55.5 Å². The van der Waals surface area contributed by atoms with Crippen molar-refractivity contribution in [2.75, 3.05) is 33.3 Å². The van der Waals surface area contributed by atoms with E-state index in [2.05, 4.69) is 13.8 Å². The van der Waals surface area contributed by atoms with Crippen molar-refractivity contribution in [3.05, 3.63) is 29.3 Å². The molecule has 1 aliphatic heterocycles. The van der Waals surface area contributed by atoms with E-state index in [1.54, 1.807) is 7.11 Å². The lowest BCUT2D eigenvalue weighted by Gasteiger charge is -2.22. The zero-order valence-electron chi connectivity index (χ0n) is 15.7. The summed E-state index contributed by atoms with van der Waals surface area (Å²) in [4.78, 5) is 28.8. The van der Waals surface area contributed by atoms with Gasteiger partial charge < -0.3 is 14.5 Å². The van der Waals surface area contributed by atoms with Crippen LogP contribution in [0, 0.1) is 0 Å². The van der Waals surface area contributed by atoms with E-state index in [0.29, 0.717) is 31.6 Å². The molecule has 0 saturated carbocycles.